The van der Waals surface area contributed by atoms with E-state index in [1.165, 1.54) is 0 Å². The molecule has 0 aliphatic heterocycles. The van der Waals surface area contributed by atoms with Crippen molar-refractivity contribution in [2.45, 2.75) is 0 Å². The SMILES string of the molecule is CNC(=O)c1ccccc1.O=[P+](O)O. The molecular formula is C8H11NO4P+. The highest BCUT2D eigenvalue weighted by Crippen LogP contribution is 1.98. The molecule has 0 aliphatic carbocycles. The fourth-order valence-corrected chi connectivity index (χ4v) is 0.734. The number of hydrogen-bond donors (Lipinski definition) is 3. The second-order valence-electron chi connectivity index (χ2n) is 2.20. The lowest BCUT2D eigenvalue weighted by Crippen LogP contribution is -2.17. The third kappa shape index (κ3) is 6.25. The molecule has 6 heteroatoms. The van der Waals surface area contributed by atoms with Gasteiger partial charge in [-0.25, -0.2) is 0 Å². The average molecular weight is 216 g/mol. The summed E-state index contributed by atoms with van der Waals surface area (Å²) in [5.41, 5.74) is 0.699. The fraction of sp³-hybridized carbons (Fsp3) is 0.125. The van der Waals surface area contributed by atoms with Crippen LogP contribution in [0.4, 0.5) is 0 Å². The lowest BCUT2D eigenvalue weighted by atomic mass is 10.2. The lowest BCUT2D eigenvalue weighted by Gasteiger charge is -1.96. The molecule has 1 aromatic rings. The number of hydrogen-bond acceptors (Lipinski definition) is 2. The van der Waals surface area contributed by atoms with Crippen LogP contribution in [0, 0.1) is 0 Å². The van der Waals surface area contributed by atoms with Crippen LogP contribution in [0.1, 0.15) is 10.4 Å². The average Bonchev–Trinajstić information content (AvgIpc) is 2.17. The monoisotopic (exact) mass is 216 g/mol. The van der Waals surface area contributed by atoms with E-state index in [2.05, 4.69) is 5.32 Å². The van der Waals surface area contributed by atoms with Crippen LogP contribution < -0.4 is 5.32 Å². The molecule has 0 aromatic heterocycles. The van der Waals surface area contributed by atoms with Crippen LogP contribution in [0.15, 0.2) is 30.3 Å². The van der Waals surface area contributed by atoms with Gasteiger partial charge in [0, 0.05) is 17.2 Å². The van der Waals surface area contributed by atoms with E-state index in [4.69, 9.17) is 14.4 Å². The maximum Gasteiger partial charge on any atom is 0.692 e. The van der Waals surface area contributed by atoms with Gasteiger partial charge in [-0.15, -0.1) is 9.79 Å². The molecule has 0 fully saturated rings. The molecule has 0 saturated carbocycles. The molecule has 1 rings (SSSR count). The summed E-state index contributed by atoms with van der Waals surface area (Å²) >= 11 is 0. The Morgan fingerprint density at radius 2 is 1.71 bits per heavy atom. The summed E-state index contributed by atoms with van der Waals surface area (Å²) in [6.45, 7) is 0. The molecule has 3 N–H and O–H groups in total. The Morgan fingerprint density at radius 1 is 1.29 bits per heavy atom. The molecule has 0 unspecified atom stereocenters. The molecule has 0 atom stereocenters. The van der Waals surface area contributed by atoms with Crippen molar-refractivity contribution in [2.24, 2.45) is 0 Å². The zero-order valence-electron chi connectivity index (χ0n) is 7.54. The Labute approximate surface area is 82.3 Å². The minimum atomic E-state index is -2.87. The van der Waals surface area contributed by atoms with E-state index in [-0.39, 0.29) is 5.91 Å². The molecule has 1 aromatic carbocycles. The van der Waals surface area contributed by atoms with Gasteiger partial charge in [-0.2, -0.15) is 0 Å². The van der Waals surface area contributed by atoms with E-state index in [1.807, 2.05) is 18.2 Å². The number of benzene rings is 1. The summed E-state index contributed by atoms with van der Waals surface area (Å²) in [6.07, 6.45) is 0. The van der Waals surface area contributed by atoms with E-state index in [1.54, 1.807) is 19.2 Å². The highest BCUT2D eigenvalue weighted by molar-refractivity contribution is 7.30. The molecule has 0 saturated heterocycles. The Kier molecular flexibility index (Phi) is 6.49. The standard InChI is InChI=1S/C8H9NO.HO3P/c1-9-8(10)7-5-3-2-4-6-7;1-4(2)3/h2-6H,1H3,(H,9,10);(H-,1,2,3)/p+1. The Balaban J connectivity index is 0.000000364. The molecule has 1 amide bonds. The van der Waals surface area contributed by atoms with Crippen molar-refractivity contribution in [1.82, 2.24) is 5.32 Å². The first-order chi connectivity index (χ1) is 6.57. The molecule has 0 heterocycles. The van der Waals surface area contributed by atoms with Crippen LogP contribution in [-0.2, 0) is 4.57 Å². The van der Waals surface area contributed by atoms with Gasteiger partial charge < -0.3 is 5.32 Å². The number of carbonyl (C=O) groups excluding carboxylic acids is 1. The van der Waals surface area contributed by atoms with Crippen LogP contribution in [0.25, 0.3) is 0 Å². The number of nitrogens with one attached hydrogen (secondary N) is 1. The number of amides is 1. The summed E-state index contributed by atoms with van der Waals surface area (Å²) in [4.78, 5) is 25.1. The third-order valence-electron chi connectivity index (χ3n) is 1.26. The van der Waals surface area contributed by atoms with Crippen LogP contribution in [0.3, 0.4) is 0 Å². The number of rotatable bonds is 1. The smallest absolute Gasteiger partial charge is 0.355 e. The molecule has 76 valence electrons. The first-order valence-electron chi connectivity index (χ1n) is 3.70. The van der Waals surface area contributed by atoms with Crippen molar-refractivity contribution < 1.29 is 19.1 Å². The van der Waals surface area contributed by atoms with Gasteiger partial charge in [-0.3, -0.25) is 4.79 Å². The van der Waals surface area contributed by atoms with E-state index < -0.39 is 8.25 Å². The largest absolute Gasteiger partial charge is 0.692 e. The van der Waals surface area contributed by atoms with Crippen LogP contribution in [-0.4, -0.2) is 22.7 Å². The van der Waals surface area contributed by atoms with Gasteiger partial charge in [0.25, 0.3) is 5.91 Å². The van der Waals surface area contributed by atoms with E-state index in [0.717, 1.165) is 0 Å². The zero-order valence-corrected chi connectivity index (χ0v) is 8.44. The first kappa shape index (κ1) is 12.7. The first-order valence-corrected chi connectivity index (χ1v) is 4.86. The Hall–Kier alpha value is -1.29. The summed E-state index contributed by atoms with van der Waals surface area (Å²) in [5.74, 6) is -0.0411. The Morgan fingerprint density at radius 3 is 2.07 bits per heavy atom. The van der Waals surface area contributed by atoms with Crippen molar-refractivity contribution in [1.29, 1.82) is 0 Å². The topological polar surface area (TPSA) is 86.6 Å². The summed E-state index contributed by atoms with van der Waals surface area (Å²) in [7, 11) is -1.25. The molecule has 0 aliphatic rings. The van der Waals surface area contributed by atoms with Crippen LogP contribution >= 0.6 is 8.25 Å². The minimum Gasteiger partial charge on any atom is -0.355 e. The van der Waals surface area contributed by atoms with Crippen molar-refractivity contribution in [2.75, 3.05) is 7.05 Å². The lowest BCUT2D eigenvalue weighted by molar-refractivity contribution is 0.0963. The summed E-state index contributed by atoms with van der Waals surface area (Å²) < 4.78 is 8.70. The molecule has 0 bridgehead atoms. The minimum absolute atomic E-state index is 0.0411. The van der Waals surface area contributed by atoms with Crippen LogP contribution in [0.5, 0.6) is 0 Å². The second-order valence-corrected chi connectivity index (χ2v) is 2.70. The van der Waals surface area contributed by atoms with Gasteiger partial charge in [0.05, 0.1) is 0 Å². The van der Waals surface area contributed by atoms with E-state index in [0.29, 0.717) is 5.56 Å². The molecule has 14 heavy (non-hydrogen) atoms. The van der Waals surface area contributed by atoms with Crippen LogP contribution in [0.2, 0.25) is 0 Å². The van der Waals surface area contributed by atoms with E-state index in [9.17, 15) is 4.79 Å². The molecule has 0 radical (unpaired) electrons. The summed E-state index contributed by atoms with van der Waals surface area (Å²) in [6, 6.07) is 9.11. The van der Waals surface area contributed by atoms with Crippen molar-refractivity contribution in [3.8, 4) is 0 Å². The fourth-order valence-electron chi connectivity index (χ4n) is 0.734. The summed E-state index contributed by atoms with van der Waals surface area (Å²) in [5, 5.41) is 2.54. The van der Waals surface area contributed by atoms with Crippen molar-refractivity contribution in [3.63, 3.8) is 0 Å². The molecule has 0 spiro atoms. The van der Waals surface area contributed by atoms with Gasteiger partial charge in [-0.05, 0) is 12.1 Å². The molecule has 5 nitrogen and oxygen atoms in total. The van der Waals surface area contributed by atoms with Gasteiger partial charge >= 0.3 is 8.25 Å². The normalized spacial score (nSPS) is 8.21. The Bertz CT molecular complexity index is 297. The zero-order chi connectivity index (χ0) is 11.0. The van der Waals surface area contributed by atoms with Gasteiger partial charge in [0.15, 0.2) is 0 Å². The molecular weight excluding hydrogens is 205 g/mol. The second kappa shape index (κ2) is 7.15. The van der Waals surface area contributed by atoms with Gasteiger partial charge in [-0.1, -0.05) is 18.2 Å². The van der Waals surface area contributed by atoms with Gasteiger partial charge in [0.2, 0.25) is 0 Å². The van der Waals surface area contributed by atoms with Gasteiger partial charge in [0.1, 0.15) is 0 Å². The maximum absolute atomic E-state index is 10.9. The van der Waals surface area contributed by atoms with Crippen molar-refractivity contribution in [3.05, 3.63) is 35.9 Å². The highest BCUT2D eigenvalue weighted by atomic mass is 31.1. The third-order valence-corrected chi connectivity index (χ3v) is 1.26. The number of carbonyl (C=O) groups is 1. The highest BCUT2D eigenvalue weighted by Gasteiger charge is 1.97. The maximum atomic E-state index is 10.9. The predicted octanol–water partition coefficient (Wildman–Crippen LogP) is 0.675. The van der Waals surface area contributed by atoms with E-state index >= 15 is 0 Å². The predicted molar refractivity (Wildman–Crippen MR) is 51.9 cm³/mol. The van der Waals surface area contributed by atoms with Crippen molar-refractivity contribution >= 4 is 14.2 Å². The quantitative estimate of drug-likeness (QED) is 0.602.